The molecular weight excluding hydrogens is 158 g/mol. The molecular formula is C12H15N. The predicted molar refractivity (Wildman–Crippen MR) is 60.1 cm³/mol. The molecule has 0 aromatic heterocycles. The van der Waals surface area contributed by atoms with Gasteiger partial charge >= 0.3 is 0 Å². The normalized spacial score (nSPS) is 8.92. The highest BCUT2D eigenvalue weighted by atomic mass is 14.8. The van der Waals surface area contributed by atoms with Crippen LogP contribution in [-0.2, 0) is 0 Å². The average molecular weight is 173 g/mol. The fourth-order valence-corrected chi connectivity index (χ4v) is 0.805. The molecule has 1 nitrogen and oxygen atoms in total. The molecule has 13 heavy (non-hydrogen) atoms. The molecule has 1 N–H and O–H groups in total. The molecule has 1 heteroatoms. The summed E-state index contributed by atoms with van der Waals surface area (Å²) in [6.45, 7) is 14.5. The molecule has 0 fully saturated rings. The van der Waals surface area contributed by atoms with E-state index in [9.17, 15) is 0 Å². The van der Waals surface area contributed by atoms with Gasteiger partial charge in [0.05, 0.1) is 0 Å². The molecule has 0 aromatic rings. The minimum Gasteiger partial charge on any atom is -0.362 e. The first-order chi connectivity index (χ1) is 6.29. The SMILES string of the molecule is C=C/C=C\C(NC=C)=C(C=C)C=C. The molecule has 0 unspecified atom stereocenters. The monoisotopic (exact) mass is 173 g/mol. The Bertz CT molecular complexity index is 257. The zero-order valence-corrected chi connectivity index (χ0v) is 7.79. The van der Waals surface area contributed by atoms with Gasteiger partial charge in [-0.3, -0.25) is 0 Å². The highest BCUT2D eigenvalue weighted by Gasteiger charge is 1.92. The molecule has 0 rings (SSSR count). The third-order valence-corrected chi connectivity index (χ3v) is 1.41. The predicted octanol–water partition coefficient (Wildman–Crippen LogP) is 3.09. The Morgan fingerprint density at radius 2 is 1.62 bits per heavy atom. The number of allylic oxidation sites excluding steroid dienone is 6. The largest absolute Gasteiger partial charge is 0.362 e. The molecule has 0 aliphatic rings. The van der Waals surface area contributed by atoms with E-state index in [1.54, 1.807) is 24.4 Å². The molecule has 0 spiro atoms. The Morgan fingerprint density at radius 1 is 1.00 bits per heavy atom. The molecule has 0 radical (unpaired) electrons. The summed E-state index contributed by atoms with van der Waals surface area (Å²) in [6.07, 6.45) is 10.5. The van der Waals surface area contributed by atoms with Crippen molar-refractivity contribution in [3.05, 3.63) is 74.2 Å². The zero-order valence-electron chi connectivity index (χ0n) is 7.79. The van der Waals surface area contributed by atoms with Crippen molar-refractivity contribution in [3.8, 4) is 0 Å². The van der Waals surface area contributed by atoms with Crippen molar-refractivity contribution in [3.63, 3.8) is 0 Å². The van der Waals surface area contributed by atoms with Crippen molar-refractivity contribution >= 4 is 0 Å². The van der Waals surface area contributed by atoms with Crippen molar-refractivity contribution in [2.24, 2.45) is 0 Å². The van der Waals surface area contributed by atoms with E-state index in [4.69, 9.17) is 0 Å². The van der Waals surface area contributed by atoms with Gasteiger partial charge in [0.2, 0.25) is 0 Å². The standard InChI is InChI=1S/C12H15N/c1-5-9-10-12(13-8-4)11(6-2)7-3/h5-10,13H,1-4H2/b10-9-. The maximum Gasteiger partial charge on any atom is 0.0452 e. The molecule has 0 saturated carbocycles. The first kappa shape index (κ1) is 11.2. The molecule has 0 amide bonds. The number of rotatable bonds is 6. The zero-order chi connectivity index (χ0) is 10.1. The van der Waals surface area contributed by atoms with Crippen molar-refractivity contribution in [1.82, 2.24) is 5.32 Å². The summed E-state index contributed by atoms with van der Waals surface area (Å²) in [7, 11) is 0. The van der Waals surface area contributed by atoms with E-state index < -0.39 is 0 Å². The fourth-order valence-electron chi connectivity index (χ4n) is 0.805. The van der Waals surface area contributed by atoms with Crippen LogP contribution in [0, 0.1) is 0 Å². The van der Waals surface area contributed by atoms with Gasteiger partial charge in [0.1, 0.15) is 0 Å². The Labute approximate surface area is 80.2 Å². The summed E-state index contributed by atoms with van der Waals surface area (Å²) in [5, 5.41) is 2.99. The topological polar surface area (TPSA) is 12.0 Å². The third kappa shape index (κ3) is 3.97. The van der Waals surface area contributed by atoms with Crippen LogP contribution in [0.25, 0.3) is 0 Å². The molecule has 0 heterocycles. The van der Waals surface area contributed by atoms with Crippen LogP contribution in [0.4, 0.5) is 0 Å². The van der Waals surface area contributed by atoms with Crippen molar-refractivity contribution in [1.29, 1.82) is 0 Å². The van der Waals surface area contributed by atoms with Crippen LogP contribution in [0.3, 0.4) is 0 Å². The second-order valence-corrected chi connectivity index (χ2v) is 2.22. The van der Waals surface area contributed by atoms with Crippen molar-refractivity contribution in [2.75, 3.05) is 0 Å². The lowest BCUT2D eigenvalue weighted by Crippen LogP contribution is -2.03. The highest BCUT2D eigenvalue weighted by Crippen LogP contribution is 2.05. The lowest BCUT2D eigenvalue weighted by molar-refractivity contribution is 1.10. The molecule has 0 atom stereocenters. The van der Waals surface area contributed by atoms with E-state index in [0.717, 1.165) is 11.3 Å². The highest BCUT2D eigenvalue weighted by molar-refractivity contribution is 5.39. The summed E-state index contributed by atoms with van der Waals surface area (Å²) in [6, 6.07) is 0. The van der Waals surface area contributed by atoms with E-state index >= 15 is 0 Å². The molecule has 68 valence electrons. The molecule has 0 aliphatic carbocycles. The van der Waals surface area contributed by atoms with Gasteiger partial charge in [-0.2, -0.15) is 0 Å². The second kappa shape index (κ2) is 6.92. The van der Waals surface area contributed by atoms with Crippen LogP contribution in [0.2, 0.25) is 0 Å². The van der Waals surface area contributed by atoms with E-state index in [-0.39, 0.29) is 0 Å². The molecule has 0 saturated heterocycles. The van der Waals surface area contributed by atoms with Crippen LogP contribution in [-0.4, -0.2) is 0 Å². The summed E-state index contributed by atoms with van der Waals surface area (Å²) in [5.41, 5.74) is 1.83. The Hall–Kier alpha value is -1.76. The Kier molecular flexibility index (Phi) is 5.98. The van der Waals surface area contributed by atoms with Crippen LogP contribution in [0.1, 0.15) is 0 Å². The van der Waals surface area contributed by atoms with E-state index in [1.807, 2.05) is 12.2 Å². The lowest BCUT2D eigenvalue weighted by Gasteiger charge is -2.04. The second-order valence-electron chi connectivity index (χ2n) is 2.22. The summed E-state index contributed by atoms with van der Waals surface area (Å²) < 4.78 is 0. The molecule has 0 aromatic carbocycles. The van der Waals surface area contributed by atoms with Gasteiger partial charge < -0.3 is 5.32 Å². The van der Waals surface area contributed by atoms with Crippen molar-refractivity contribution in [2.45, 2.75) is 0 Å². The number of hydrogen-bond donors (Lipinski definition) is 1. The minimum atomic E-state index is 0.903. The van der Waals surface area contributed by atoms with Crippen LogP contribution < -0.4 is 5.32 Å². The van der Waals surface area contributed by atoms with Crippen LogP contribution in [0.5, 0.6) is 0 Å². The van der Waals surface area contributed by atoms with E-state index in [1.165, 1.54) is 0 Å². The smallest absolute Gasteiger partial charge is 0.0452 e. The minimum absolute atomic E-state index is 0.903. The van der Waals surface area contributed by atoms with Gasteiger partial charge in [0.15, 0.2) is 0 Å². The van der Waals surface area contributed by atoms with Gasteiger partial charge in [-0.1, -0.05) is 50.6 Å². The van der Waals surface area contributed by atoms with E-state index in [2.05, 4.69) is 31.6 Å². The number of hydrogen-bond acceptors (Lipinski definition) is 1. The molecule has 0 aliphatic heterocycles. The van der Waals surface area contributed by atoms with Gasteiger partial charge in [-0.25, -0.2) is 0 Å². The summed E-state index contributed by atoms with van der Waals surface area (Å²) in [5.74, 6) is 0. The van der Waals surface area contributed by atoms with Crippen LogP contribution in [0.15, 0.2) is 74.2 Å². The Morgan fingerprint density at radius 3 is 2.00 bits per heavy atom. The summed E-state index contributed by atoms with van der Waals surface area (Å²) in [4.78, 5) is 0. The maximum absolute atomic E-state index is 3.68. The maximum atomic E-state index is 3.68. The first-order valence-corrected chi connectivity index (χ1v) is 3.95. The average Bonchev–Trinajstić information content (AvgIpc) is 2.16. The van der Waals surface area contributed by atoms with Gasteiger partial charge in [0.25, 0.3) is 0 Å². The Balaban J connectivity index is 4.92. The van der Waals surface area contributed by atoms with Crippen molar-refractivity contribution < 1.29 is 0 Å². The third-order valence-electron chi connectivity index (χ3n) is 1.41. The van der Waals surface area contributed by atoms with Gasteiger partial charge in [0, 0.05) is 5.70 Å². The van der Waals surface area contributed by atoms with E-state index in [0.29, 0.717) is 0 Å². The summed E-state index contributed by atoms with van der Waals surface area (Å²) >= 11 is 0. The first-order valence-electron chi connectivity index (χ1n) is 3.95. The lowest BCUT2D eigenvalue weighted by atomic mass is 10.2. The molecule has 0 bridgehead atoms. The number of nitrogens with one attached hydrogen (secondary N) is 1. The van der Waals surface area contributed by atoms with Gasteiger partial charge in [-0.15, -0.1) is 0 Å². The van der Waals surface area contributed by atoms with Gasteiger partial charge in [-0.05, 0) is 17.8 Å². The fraction of sp³-hybridized carbons (Fsp3) is 0. The van der Waals surface area contributed by atoms with Crippen LogP contribution >= 0.6 is 0 Å². The quantitative estimate of drug-likeness (QED) is 0.609.